The predicted octanol–water partition coefficient (Wildman–Crippen LogP) is 2.37. The number of ether oxygens (including phenoxy) is 2. The van der Waals surface area contributed by atoms with Crippen molar-refractivity contribution in [1.82, 2.24) is 5.32 Å². The monoisotopic (exact) mass is 253 g/mol. The lowest BCUT2D eigenvalue weighted by Crippen LogP contribution is -2.24. The van der Waals surface area contributed by atoms with E-state index in [0.717, 1.165) is 11.3 Å². The molecule has 4 nitrogen and oxygen atoms in total. The first-order valence-electron chi connectivity index (χ1n) is 6.25. The van der Waals surface area contributed by atoms with Gasteiger partial charge in [0, 0.05) is 6.54 Å². The van der Waals surface area contributed by atoms with Crippen molar-refractivity contribution in [3.63, 3.8) is 0 Å². The van der Waals surface area contributed by atoms with Gasteiger partial charge >= 0.3 is 5.97 Å². The molecule has 1 rings (SSSR count). The highest BCUT2D eigenvalue weighted by atomic mass is 16.5. The van der Waals surface area contributed by atoms with Gasteiger partial charge in [-0.2, -0.15) is 0 Å². The van der Waals surface area contributed by atoms with Crippen LogP contribution < -0.4 is 10.1 Å². The minimum Gasteiger partial charge on any atom is -0.497 e. The van der Waals surface area contributed by atoms with Gasteiger partial charge in [0.1, 0.15) is 5.75 Å². The lowest BCUT2D eigenvalue weighted by atomic mass is 10.2. The number of rotatable bonds is 6. The van der Waals surface area contributed by atoms with E-state index in [1.54, 1.807) is 14.0 Å². The van der Waals surface area contributed by atoms with Gasteiger partial charge < -0.3 is 14.8 Å². The van der Waals surface area contributed by atoms with Crippen LogP contribution >= 0.6 is 0 Å². The summed E-state index contributed by atoms with van der Waals surface area (Å²) in [5.74, 6) is 0.602. The lowest BCUT2D eigenvalue weighted by molar-refractivity contribution is -0.142. The summed E-state index contributed by atoms with van der Waals surface area (Å²) in [6, 6.07) is 7.69. The van der Waals surface area contributed by atoms with Crippen LogP contribution in [0.1, 0.15) is 26.3 Å². The van der Waals surface area contributed by atoms with Gasteiger partial charge in [-0.05, 0) is 24.6 Å². The van der Waals surface area contributed by atoms with E-state index in [9.17, 15) is 4.79 Å². The molecule has 0 aliphatic carbocycles. The predicted molar refractivity (Wildman–Crippen MR) is 72.7 cm³/mol. The Morgan fingerprint density at radius 1 is 1.22 bits per heavy atom. The van der Waals surface area contributed by atoms with Gasteiger partial charge in [-0.1, -0.05) is 26.0 Å². The SMILES string of the molecule is CC.CCOC(=O)CNCc1ccc(OC)cc1. The molecule has 0 aliphatic rings. The molecule has 0 fully saturated rings. The number of carbonyl (C=O) groups is 1. The van der Waals surface area contributed by atoms with E-state index in [-0.39, 0.29) is 12.5 Å². The number of benzene rings is 1. The molecule has 0 saturated carbocycles. The van der Waals surface area contributed by atoms with E-state index in [1.165, 1.54) is 0 Å². The van der Waals surface area contributed by atoms with E-state index in [4.69, 9.17) is 9.47 Å². The normalized spacial score (nSPS) is 9.11. The Kier molecular flexibility index (Phi) is 9.68. The van der Waals surface area contributed by atoms with Crippen molar-refractivity contribution in [1.29, 1.82) is 0 Å². The van der Waals surface area contributed by atoms with Gasteiger partial charge in [-0.25, -0.2) is 0 Å². The van der Waals surface area contributed by atoms with Crippen LogP contribution in [-0.2, 0) is 16.1 Å². The third kappa shape index (κ3) is 6.91. The van der Waals surface area contributed by atoms with Crippen LogP contribution in [0.5, 0.6) is 5.75 Å². The van der Waals surface area contributed by atoms with E-state index >= 15 is 0 Å². The number of nitrogens with one attached hydrogen (secondary N) is 1. The number of hydrogen-bond donors (Lipinski definition) is 1. The van der Waals surface area contributed by atoms with Gasteiger partial charge in [0.25, 0.3) is 0 Å². The summed E-state index contributed by atoms with van der Waals surface area (Å²) >= 11 is 0. The fourth-order valence-electron chi connectivity index (χ4n) is 1.26. The molecular formula is C14H23NO3. The highest BCUT2D eigenvalue weighted by Crippen LogP contribution is 2.10. The second kappa shape index (κ2) is 10.6. The van der Waals surface area contributed by atoms with Crippen molar-refractivity contribution >= 4 is 5.97 Å². The molecule has 0 spiro atoms. The first-order valence-corrected chi connectivity index (χ1v) is 6.25. The van der Waals surface area contributed by atoms with Gasteiger partial charge in [-0.15, -0.1) is 0 Å². The Labute approximate surface area is 109 Å². The van der Waals surface area contributed by atoms with Crippen LogP contribution in [0.15, 0.2) is 24.3 Å². The molecule has 0 saturated heterocycles. The largest absolute Gasteiger partial charge is 0.497 e. The van der Waals surface area contributed by atoms with Gasteiger partial charge in [-0.3, -0.25) is 4.79 Å². The molecule has 1 N–H and O–H groups in total. The first-order chi connectivity index (χ1) is 8.76. The Morgan fingerprint density at radius 2 is 1.83 bits per heavy atom. The minimum absolute atomic E-state index is 0.226. The zero-order chi connectivity index (χ0) is 13.8. The number of esters is 1. The highest BCUT2D eigenvalue weighted by molar-refractivity contribution is 5.71. The molecule has 0 heterocycles. The van der Waals surface area contributed by atoms with E-state index in [1.807, 2.05) is 38.1 Å². The second-order valence-electron chi connectivity index (χ2n) is 3.26. The molecule has 0 unspecified atom stereocenters. The van der Waals surface area contributed by atoms with Crippen LogP contribution in [0.25, 0.3) is 0 Å². The van der Waals surface area contributed by atoms with Crippen molar-refractivity contribution in [3.05, 3.63) is 29.8 Å². The van der Waals surface area contributed by atoms with Crippen LogP contribution in [0.2, 0.25) is 0 Å². The molecule has 18 heavy (non-hydrogen) atoms. The van der Waals surface area contributed by atoms with Crippen LogP contribution in [0, 0.1) is 0 Å². The maximum absolute atomic E-state index is 11.0. The molecule has 0 aliphatic heterocycles. The Bertz CT molecular complexity index is 322. The fourth-order valence-corrected chi connectivity index (χ4v) is 1.26. The third-order valence-electron chi connectivity index (χ3n) is 2.06. The van der Waals surface area contributed by atoms with E-state index < -0.39 is 0 Å². The summed E-state index contributed by atoms with van der Waals surface area (Å²) in [6.07, 6.45) is 0. The lowest BCUT2D eigenvalue weighted by Gasteiger charge is -2.05. The maximum Gasteiger partial charge on any atom is 0.319 e. The maximum atomic E-state index is 11.0. The summed E-state index contributed by atoms with van der Waals surface area (Å²) in [4.78, 5) is 11.0. The Balaban J connectivity index is 0.00000137. The molecule has 102 valence electrons. The van der Waals surface area contributed by atoms with Crippen LogP contribution in [0.4, 0.5) is 0 Å². The molecule has 1 aromatic carbocycles. The Morgan fingerprint density at radius 3 is 2.33 bits per heavy atom. The first kappa shape index (κ1) is 16.4. The van der Waals surface area contributed by atoms with Gasteiger partial charge in [0.15, 0.2) is 0 Å². The van der Waals surface area contributed by atoms with Crippen molar-refractivity contribution in [2.24, 2.45) is 0 Å². The smallest absolute Gasteiger partial charge is 0.319 e. The molecule has 0 bridgehead atoms. The van der Waals surface area contributed by atoms with Crippen molar-refractivity contribution in [2.45, 2.75) is 27.3 Å². The molecule has 4 heteroatoms. The molecule has 0 amide bonds. The molecule has 1 aromatic rings. The standard InChI is InChI=1S/C12H17NO3.C2H6/c1-3-16-12(14)9-13-8-10-4-6-11(15-2)7-5-10;1-2/h4-7,13H,3,8-9H2,1-2H3;1-2H3. The second-order valence-corrected chi connectivity index (χ2v) is 3.26. The topological polar surface area (TPSA) is 47.6 Å². The number of methoxy groups -OCH3 is 1. The summed E-state index contributed by atoms with van der Waals surface area (Å²) in [6.45, 7) is 7.09. The molecule has 0 aromatic heterocycles. The highest BCUT2D eigenvalue weighted by Gasteiger charge is 2.00. The Hall–Kier alpha value is -1.55. The average Bonchev–Trinajstić information content (AvgIpc) is 2.42. The summed E-state index contributed by atoms with van der Waals surface area (Å²) < 4.78 is 9.84. The minimum atomic E-state index is -0.226. The van der Waals surface area contributed by atoms with E-state index in [2.05, 4.69) is 5.32 Å². The van der Waals surface area contributed by atoms with Gasteiger partial charge in [0.05, 0.1) is 20.3 Å². The van der Waals surface area contributed by atoms with Crippen LogP contribution in [0.3, 0.4) is 0 Å². The molecule has 0 atom stereocenters. The molecular weight excluding hydrogens is 230 g/mol. The zero-order valence-electron chi connectivity index (χ0n) is 11.7. The quantitative estimate of drug-likeness (QED) is 0.791. The van der Waals surface area contributed by atoms with E-state index in [0.29, 0.717) is 13.2 Å². The third-order valence-corrected chi connectivity index (χ3v) is 2.06. The summed E-state index contributed by atoms with van der Waals surface area (Å²) in [7, 11) is 1.63. The zero-order valence-corrected chi connectivity index (χ0v) is 11.7. The van der Waals surface area contributed by atoms with Crippen molar-refractivity contribution in [3.8, 4) is 5.75 Å². The summed E-state index contributed by atoms with van der Waals surface area (Å²) in [5.41, 5.74) is 1.10. The van der Waals surface area contributed by atoms with Crippen molar-refractivity contribution < 1.29 is 14.3 Å². The number of carbonyl (C=O) groups excluding carboxylic acids is 1. The van der Waals surface area contributed by atoms with Gasteiger partial charge in [0.2, 0.25) is 0 Å². The summed E-state index contributed by atoms with van der Waals surface area (Å²) in [5, 5.41) is 3.01. The van der Waals surface area contributed by atoms with Crippen LogP contribution in [-0.4, -0.2) is 26.2 Å². The fraction of sp³-hybridized carbons (Fsp3) is 0.500. The molecule has 0 radical (unpaired) electrons. The van der Waals surface area contributed by atoms with Crippen molar-refractivity contribution in [2.75, 3.05) is 20.3 Å². The number of hydrogen-bond acceptors (Lipinski definition) is 4. The average molecular weight is 253 g/mol.